The van der Waals surface area contributed by atoms with Crippen molar-refractivity contribution >= 4 is 22.6 Å². The van der Waals surface area contributed by atoms with Crippen molar-refractivity contribution in [2.24, 2.45) is 7.05 Å². The molecule has 0 fully saturated rings. The number of carbonyl (C=O) groups is 1. The standard InChI is InChI=1S/C20H21F3N4O2/c1-10-7-6-8-15(11(10)2)24-19(28)13(4)29-16-9-14(20(21,22)23)17-12(3)26-27(5)18(17)25-16/h6-9,13H,1-5H3,(H,24,28)/t13-/m0/s1. The van der Waals surface area contributed by atoms with Crippen LogP contribution >= 0.6 is 0 Å². The molecule has 1 aromatic carbocycles. The number of anilines is 1. The van der Waals surface area contributed by atoms with Crippen LogP contribution < -0.4 is 10.1 Å². The molecule has 1 amide bonds. The first-order valence-corrected chi connectivity index (χ1v) is 8.94. The van der Waals surface area contributed by atoms with Gasteiger partial charge in [-0.1, -0.05) is 12.1 Å². The van der Waals surface area contributed by atoms with Crippen molar-refractivity contribution in [1.82, 2.24) is 14.8 Å². The average Bonchev–Trinajstić information content (AvgIpc) is 2.91. The van der Waals surface area contributed by atoms with Gasteiger partial charge in [0.25, 0.3) is 5.91 Å². The van der Waals surface area contributed by atoms with Crippen molar-refractivity contribution in [1.29, 1.82) is 0 Å². The molecule has 3 rings (SSSR count). The molecule has 2 heterocycles. The van der Waals surface area contributed by atoms with E-state index in [2.05, 4.69) is 15.4 Å². The summed E-state index contributed by atoms with van der Waals surface area (Å²) < 4.78 is 47.4. The Morgan fingerprint density at radius 3 is 2.59 bits per heavy atom. The number of aryl methyl sites for hydroxylation is 3. The van der Waals surface area contributed by atoms with Gasteiger partial charge in [0.15, 0.2) is 11.8 Å². The van der Waals surface area contributed by atoms with Crippen LogP contribution in [-0.2, 0) is 18.0 Å². The van der Waals surface area contributed by atoms with E-state index in [9.17, 15) is 18.0 Å². The Hall–Kier alpha value is -3.10. The number of fused-ring (bicyclic) bond motifs is 1. The largest absolute Gasteiger partial charge is 0.464 e. The third-order valence-electron chi connectivity index (χ3n) is 4.78. The van der Waals surface area contributed by atoms with E-state index in [0.717, 1.165) is 17.2 Å². The van der Waals surface area contributed by atoms with Crippen molar-refractivity contribution in [3.63, 3.8) is 0 Å². The third-order valence-corrected chi connectivity index (χ3v) is 4.78. The van der Waals surface area contributed by atoms with Crippen LogP contribution in [0.15, 0.2) is 24.3 Å². The van der Waals surface area contributed by atoms with Crippen molar-refractivity contribution < 1.29 is 22.7 Å². The van der Waals surface area contributed by atoms with Gasteiger partial charge in [0.2, 0.25) is 5.88 Å². The molecule has 0 bridgehead atoms. The van der Waals surface area contributed by atoms with E-state index >= 15 is 0 Å². The zero-order valence-corrected chi connectivity index (χ0v) is 16.7. The zero-order valence-electron chi connectivity index (χ0n) is 16.7. The monoisotopic (exact) mass is 406 g/mol. The van der Waals surface area contributed by atoms with E-state index < -0.39 is 23.8 Å². The molecule has 29 heavy (non-hydrogen) atoms. The van der Waals surface area contributed by atoms with Crippen LogP contribution in [-0.4, -0.2) is 26.8 Å². The van der Waals surface area contributed by atoms with Crippen LogP contribution in [0, 0.1) is 20.8 Å². The number of nitrogens with one attached hydrogen (secondary N) is 1. The number of halogens is 3. The summed E-state index contributed by atoms with van der Waals surface area (Å²) in [7, 11) is 1.50. The molecule has 2 aromatic heterocycles. The molecule has 9 heteroatoms. The van der Waals surface area contributed by atoms with Gasteiger partial charge in [0.1, 0.15) is 0 Å². The molecule has 0 spiro atoms. The number of alkyl halides is 3. The van der Waals surface area contributed by atoms with Gasteiger partial charge < -0.3 is 10.1 Å². The molecular weight excluding hydrogens is 385 g/mol. The molecule has 0 saturated carbocycles. The third kappa shape index (κ3) is 4.03. The Morgan fingerprint density at radius 2 is 1.93 bits per heavy atom. The lowest BCUT2D eigenvalue weighted by Gasteiger charge is -2.17. The molecular formula is C20H21F3N4O2. The summed E-state index contributed by atoms with van der Waals surface area (Å²) in [6.07, 6.45) is -5.67. The molecule has 0 aliphatic rings. The summed E-state index contributed by atoms with van der Waals surface area (Å²) in [4.78, 5) is 16.6. The molecule has 0 unspecified atom stereocenters. The number of ether oxygens (including phenoxy) is 1. The summed E-state index contributed by atoms with van der Waals surface area (Å²) in [6, 6.07) is 6.27. The van der Waals surface area contributed by atoms with Gasteiger partial charge in [0, 0.05) is 18.8 Å². The van der Waals surface area contributed by atoms with Crippen molar-refractivity contribution in [3.05, 3.63) is 46.6 Å². The highest BCUT2D eigenvalue weighted by Crippen LogP contribution is 2.37. The Bertz CT molecular complexity index is 1090. The van der Waals surface area contributed by atoms with Crippen LogP contribution in [0.5, 0.6) is 5.88 Å². The Morgan fingerprint density at radius 1 is 1.24 bits per heavy atom. The van der Waals surface area contributed by atoms with E-state index in [1.807, 2.05) is 19.9 Å². The Labute approximate surface area is 165 Å². The number of benzene rings is 1. The number of hydrogen-bond acceptors (Lipinski definition) is 4. The summed E-state index contributed by atoms with van der Waals surface area (Å²) in [5.74, 6) is -0.785. The van der Waals surface area contributed by atoms with Gasteiger partial charge >= 0.3 is 6.18 Å². The molecule has 1 atom stereocenters. The van der Waals surface area contributed by atoms with Gasteiger partial charge in [-0.05, 0) is 44.9 Å². The first-order chi connectivity index (χ1) is 13.5. The quantitative estimate of drug-likeness (QED) is 0.701. The van der Waals surface area contributed by atoms with Crippen LogP contribution in [0.25, 0.3) is 11.0 Å². The predicted molar refractivity (Wildman–Crippen MR) is 103 cm³/mol. The fraction of sp³-hybridized carbons (Fsp3) is 0.350. The second-order valence-corrected chi connectivity index (χ2v) is 6.91. The number of aromatic nitrogens is 3. The number of nitrogens with zero attached hydrogens (tertiary/aromatic N) is 3. The van der Waals surface area contributed by atoms with Crippen LogP contribution in [0.1, 0.15) is 29.3 Å². The predicted octanol–water partition coefficient (Wildman–Crippen LogP) is 4.32. The highest BCUT2D eigenvalue weighted by atomic mass is 19.4. The van der Waals surface area contributed by atoms with Gasteiger partial charge in [-0.3, -0.25) is 9.48 Å². The molecule has 0 saturated heterocycles. The fourth-order valence-electron chi connectivity index (χ4n) is 3.06. The molecule has 1 N–H and O–H groups in total. The number of carbonyl (C=O) groups excluding carboxylic acids is 1. The Balaban J connectivity index is 1.90. The van der Waals surface area contributed by atoms with E-state index in [1.54, 1.807) is 12.1 Å². The SMILES string of the molecule is Cc1cccc(NC(=O)[C@H](C)Oc2cc(C(F)(F)F)c3c(C)nn(C)c3n2)c1C. The van der Waals surface area contributed by atoms with Crippen LogP contribution in [0.2, 0.25) is 0 Å². The molecule has 0 aliphatic carbocycles. The maximum absolute atomic E-state index is 13.6. The van der Waals surface area contributed by atoms with Crippen molar-refractivity contribution in [2.45, 2.75) is 40.0 Å². The van der Waals surface area contributed by atoms with E-state index in [-0.39, 0.29) is 22.6 Å². The first-order valence-electron chi connectivity index (χ1n) is 8.94. The maximum atomic E-state index is 13.6. The van der Waals surface area contributed by atoms with Gasteiger partial charge in [-0.2, -0.15) is 23.3 Å². The lowest BCUT2D eigenvalue weighted by Crippen LogP contribution is -2.30. The zero-order chi connectivity index (χ0) is 21.5. The van der Waals surface area contributed by atoms with Crippen molar-refractivity contribution in [3.8, 4) is 5.88 Å². The number of pyridine rings is 1. The summed E-state index contributed by atoms with van der Waals surface area (Å²) in [6.45, 7) is 6.72. The van der Waals surface area contributed by atoms with Crippen LogP contribution in [0.3, 0.4) is 0 Å². The lowest BCUT2D eigenvalue weighted by molar-refractivity contribution is -0.136. The molecule has 3 aromatic rings. The van der Waals surface area contributed by atoms with Crippen LogP contribution in [0.4, 0.5) is 18.9 Å². The summed E-state index contributed by atoms with van der Waals surface area (Å²) >= 11 is 0. The minimum absolute atomic E-state index is 0.0365. The first kappa shape index (κ1) is 20.6. The van der Waals surface area contributed by atoms with Gasteiger partial charge in [0.05, 0.1) is 16.6 Å². The molecule has 0 radical (unpaired) electrons. The topological polar surface area (TPSA) is 69.0 Å². The fourth-order valence-corrected chi connectivity index (χ4v) is 3.06. The molecule has 6 nitrogen and oxygen atoms in total. The second kappa shape index (κ2) is 7.38. The summed E-state index contributed by atoms with van der Waals surface area (Å²) in [5.41, 5.74) is 1.88. The Kier molecular flexibility index (Phi) is 5.25. The second-order valence-electron chi connectivity index (χ2n) is 6.91. The van der Waals surface area contributed by atoms with Gasteiger partial charge in [-0.25, -0.2) is 0 Å². The number of rotatable bonds is 4. The highest BCUT2D eigenvalue weighted by molar-refractivity contribution is 5.95. The molecule has 0 aliphatic heterocycles. The number of amides is 1. The normalized spacial score (nSPS) is 12.8. The highest BCUT2D eigenvalue weighted by Gasteiger charge is 2.36. The summed E-state index contributed by atoms with van der Waals surface area (Å²) in [5, 5.41) is 6.67. The van der Waals surface area contributed by atoms with E-state index in [1.165, 1.54) is 25.6 Å². The maximum Gasteiger partial charge on any atom is 0.417 e. The van der Waals surface area contributed by atoms with Crippen molar-refractivity contribution in [2.75, 3.05) is 5.32 Å². The lowest BCUT2D eigenvalue weighted by atomic mass is 10.1. The van der Waals surface area contributed by atoms with Gasteiger partial charge in [-0.15, -0.1) is 0 Å². The molecule has 154 valence electrons. The smallest absolute Gasteiger partial charge is 0.417 e. The minimum atomic E-state index is -4.61. The minimum Gasteiger partial charge on any atom is -0.464 e. The number of hydrogen-bond donors (Lipinski definition) is 1. The van der Waals surface area contributed by atoms with E-state index in [4.69, 9.17) is 4.74 Å². The average molecular weight is 406 g/mol. The van der Waals surface area contributed by atoms with E-state index in [0.29, 0.717) is 5.69 Å².